The number of benzene rings is 3. The number of hydrogen-bond acceptors (Lipinski definition) is 6. The first-order valence-corrected chi connectivity index (χ1v) is 14.8. The summed E-state index contributed by atoms with van der Waals surface area (Å²) in [7, 11) is 1.63. The number of nitrogens with zero attached hydrogens (tertiary/aromatic N) is 5. The monoisotopic (exact) mass is 619 g/mol. The molecule has 0 N–H and O–H groups in total. The highest BCUT2D eigenvalue weighted by Crippen LogP contribution is 2.30. The zero-order valence-corrected chi connectivity index (χ0v) is 25.0. The van der Waals surface area contributed by atoms with E-state index < -0.39 is 0 Å². The number of piperazine rings is 1. The standard InChI is InChI=1S/C30H30BrN5O3S/c1-20-8-10-22(11-9-20)28-32-33-30(36(28)23-12-14-24(39-3)15-13-23)40-19-27(37)34-16-17-35(21(2)18-34)29(38)25-6-4-5-7-26(25)31/h4-15,21H,16-19H2,1-3H3. The van der Waals surface area contributed by atoms with E-state index in [4.69, 9.17) is 4.74 Å². The molecule has 1 aromatic heterocycles. The Balaban J connectivity index is 1.30. The Bertz CT molecular complexity index is 1510. The van der Waals surface area contributed by atoms with Crippen LogP contribution < -0.4 is 4.74 Å². The predicted molar refractivity (Wildman–Crippen MR) is 160 cm³/mol. The van der Waals surface area contributed by atoms with E-state index in [1.807, 2.05) is 101 Å². The lowest BCUT2D eigenvalue weighted by Gasteiger charge is -2.40. The van der Waals surface area contributed by atoms with Gasteiger partial charge in [-0.25, -0.2) is 0 Å². The number of rotatable bonds is 7. The average Bonchev–Trinajstić information content (AvgIpc) is 3.40. The fourth-order valence-electron chi connectivity index (χ4n) is 4.71. The Morgan fingerprint density at radius 2 is 1.73 bits per heavy atom. The number of carbonyl (C=O) groups is 2. The number of hydrogen-bond donors (Lipinski definition) is 0. The molecule has 1 aliphatic rings. The number of halogens is 1. The van der Waals surface area contributed by atoms with E-state index in [1.54, 1.807) is 7.11 Å². The lowest BCUT2D eigenvalue weighted by Crippen LogP contribution is -2.55. The van der Waals surface area contributed by atoms with Gasteiger partial charge in [-0.15, -0.1) is 10.2 Å². The largest absolute Gasteiger partial charge is 0.497 e. The maximum atomic E-state index is 13.3. The number of amides is 2. The molecule has 0 saturated carbocycles. The molecule has 1 fully saturated rings. The Kier molecular flexibility index (Phi) is 8.56. The molecule has 1 saturated heterocycles. The molecule has 206 valence electrons. The van der Waals surface area contributed by atoms with Crippen LogP contribution in [0.4, 0.5) is 0 Å². The van der Waals surface area contributed by atoms with Crippen molar-refractivity contribution in [2.45, 2.75) is 25.0 Å². The van der Waals surface area contributed by atoms with Crippen LogP contribution in [0.15, 0.2) is 82.4 Å². The van der Waals surface area contributed by atoms with E-state index in [0.717, 1.165) is 27.0 Å². The summed E-state index contributed by atoms with van der Waals surface area (Å²) in [5.41, 5.74) is 3.61. The van der Waals surface area contributed by atoms with Crippen molar-refractivity contribution in [3.63, 3.8) is 0 Å². The van der Waals surface area contributed by atoms with Gasteiger partial charge >= 0.3 is 0 Å². The van der Waals surface area contributed by atoms with E-state index in [1.165, 1.54) is 11.8 Å². The fourth-order valence-corrected chi connectivity index (χ4v) is 6.02. The summed E-state index contributed by atoms with van der Waals surface area (Å²) >= 11 is 4.84. The molecule has 2 amide bonds. The first-order valence-electron chi connectivity index (χ1n) is 13.0. The first-order chi connectivity index (χ1) is 19.4. The van der Waals surface area contributed by atoms with E-state index in [-0.39, 0.29) is 23.6 Å². The molecule has 2 heterocycles. The third-order valence-corrected chi connectivity index (χ3v) is 8.55. The molecule has 0 radical (unpaired) electrons. The highest BCUT2D eigenvalue weighted by atomic mass is 79.9. The van der Waals surface area contributed by atoms with Crippen molar-refractivity contribution in [1.82, 2.24) is 24.6 Å². The fraction of sp³-hybridized carbons (Fsp3) is 0.267. The predicted octanol–water partition coefficient (Wildman–Crippen LogP) is 5.48. The van der Waals surface area contributed by atoms with Gasteiger partial charge in [0, 0.05) is 41.4 Å². The molecule has 8 nitrogen and oxygen atoms in total. The number of aryl methyl sites for hydroxylation is 1. The number of methoxy groups -OCH3 is 1. The summed E-state index contributed by atoms with van der Waals surface area (Å²) in [5.74, 6) is 1.65. The second kappa shape index (κ2) is 12.3. The van der Waals surface area contributed by atoms with Crippen LogP contribution in [0.1, 0.15) is 22.8 Å². The van der Waals surface area contributed by atoms with Crippen molar-refractivity contribution in [3.8, 4) is 22.8 Å². The Hall–Kier alpha value is -3.63. The summed E-state index contributed by atoms with van der Waals surface area (Å²) in [6.07, 6.45) is 0. The second-order valence-corrected chi connectivity index (χ2v) is 11.5. The van der Waals surface area contributed by atoms with Crippen LogP contribution in [0.5, 0.6) is 5.75 Å². The molecule has 0 spiro atoms. The Morgan fingerprint density at radius 1 is 1.00 bits per heavy atom. The smallest absolute Gasteiger partial charge is 0.255 e. The minimum absolute atomic E-state index is 0.00556. The van der Waals surface area contributed by atoms with Gasteiger partial charge in [-0.05, 0) is 66.2 Å². The van der Waals surface area contributed by atoms with Crippen LogP contribution in [0.25, 0.3) is 17.1 Å². The van der Waals surface area contributed by atoms with Gasteiger partial charge in [-0.3, -0.25) is 14.2 Å². The van der Waals surface area contributed by atoms with Gasteiger partial charge in [-0.1, -0.05) is 53.7 Å². The molecule has 0 aliphatic carbocycles. The summed E-state index contributed by atoms with van der Waals surface area (Å²) in [5, 5.41) is 9.58. The summed E-state index contributed by atoms with van der Waals surface area (Å²) < 4.78 is 8.07. The van der Waals surface area contributed by atoms with Crippen LogP contribution >= 0.6 is 27.7 Å². The van der Waals surface area contributed by atoms with Crippen LogP contribution in [0.3, 0.4) is 0 Å². The van der Waals surface area contributed by atoms with Crippen molar-refractivity contribution in [2.24, 2.45) is 0 Å². The molecule has 4 aromatic rings. The maximum Gasteiger partial charge on any atom is 0.255 e. The van der Waals surface area contributed by atoms with Crippen molar-refractivity contribution < 1.29 is 14.3 Å². The zero-order chi connectivity index (χ0) is 28.2. The molecular formula is C30H30BrN5O3S. The Labute approximate surface area is 246 Å². The molecular weight excluding hydrogens is 590 g/mol. The van der Waals surface area contributed by atoms with E-state index in [2.05, 4.69) is 26.1 Å². The molecule has 1 atom stereocenters. The summed E-state index contributed by atoms with van der Waals surface area (Å²) in [4.78, 5) is 30.1. The van der Waals surface area contributed by atoms with Gasteiger partial charge in [0.2, 0.25) is 5.91 Å². The van der Waals surface area contributed by atoms with Gasteiger partial charge in [-0.2, -0.15) is 0 Å². The molecule has 3 aromatic carbocycles. The highest BCUT2D eigenvalue weighted by molar-refractivity contribution is 9.10. The summed E-state index contributed by atoms with van der Waals surface area (Å²) in [6.45, 7) is 5.48. The van der Waals surface area contributed by atoms with E-state index in [0.29, 0.717) is 36.2 Å². The van der Waals surface area contributed by atoms with Crippen molar-refractivity contribution >= 4 is 39.5 Å². The molecule has 1 aliphatic heterocycles. The van der Waals surface area contributed by atoms with Gasteiger partial charge in [0.25, 0.3) is 5.91 Å². The van der Waals surface area contributed by atoms with Crippen LogP contribution in [0.2, 0.25) is 0 Å². The van der Waals surface area contributed by atoms with E-state index in [9.17, 15) is 9.59 Å². The van der Waals surface area contributed by atoms with Gasteiger partial charge in [0.1, 0.15) is 5.75 Å². The minimum Gasteiger partial charge on any atom is -0.497 e. The lowest BCUT2D eigenvalue weighted by molar-refractivity contribution is -0.130. The molecule has 5 rings (SSSR count). The third kappa shape index (κ3) is 5.93. The van der Waals surface area contributed by atoms with E-state index >= 15 is 0 Å². The molecule has 10 heteroatoms. The molecule has 0 bridgehead atoms. The third-order valence-electron chi connectivity index (χ3n) is 6.94. The van der Waals surface area contributed by atoms with Gasteiger partial charge in [0.15, 0.2) is 11.0 Å². The van der Waals surface area contributed by atoms with Crippen LogP contribution in [0, 0.1) is 6.92 Å². The highest BCUT2D eigenvalue weighted by Gasteiger charge is 2.31. The van der Waals surface area contributed by atoms with Crippen molar-refractivity contribution in [1.29, 1.82) is 0 Å². The number of aromatic nitrogens is 3. The lowest BCUT2D eigenvalue weighted by atomic mass is 10.1. The number of carbonyl (C=O) groups excluding carboxylic acids is 2. The first kappa shape index (κ1) is 27.9. The van der Waals surface area contributed by atoms with Crippen LogP contribution in [-0.2, 0) is 4.79 Å². The van der Waals surface area contributed by atoms with Crippen LogP contribution in [-0.4, -0.2) is 74.9 Å². The average molecular weight is 621 g/mol. The summed E-state index contributed by atoms with van der Waals surface area (Å²) in [6, 6.07) is 23.1. The van der Waals surface area contributed by atoms with Crippen molar-refractivity contribution in [3.05, 3.63) is 88.4 Å². The minimum atomic E-state index is -0.0987. The van der Waals surface area contributed by atoms with Gasteiger partial charge < -0.3 is 14.5 Å². The van der Waals surface area contributed by atoms with Crippen molar-refractivity contribution in [2.75, 3.05) is 32.5 Å². The maximum absolute atomic E-state index is 13.3. The normalized spacial score (nSPS) is 15.2. The quantitative estimate of drug-likeness (QED) is 0.255. The number of ether oxygens (including phenoxy) is 1. The van der Waals surface area contributed by atoms with Gasteiger partial charge in [0.05, 0.1) is 18.4 Å². The SMILES string of the molecule is COc1ccc(-n2c(SCC(=O)N3CCN(C(=O)c4ccccc4Br)C(C)C3)nnc2-c2ccc(C)cc2)cc1. The number of thioether (sulfide) groups is 1. The molecule has 1 unspecified atom stereocenters. The Morgan fingerprint density at radius 3 is 2.40 bits per heavy atom. The molecule has 40 heavy (non-hydrogen) atoms. The topological polar surface area (TPSA) is 80.6 Å². The zero-order valence-electron chi connectivity index (χ0n) is 22.6. The second-order valence-electron chi connectivity index (χ2n) is 9.66.